The second-order valence-electron chi connectivity index (χ2n) is 5.05. The normalized spacial score (nSPS) is 10.5. The summed E-state index contributed by atoms with van der Waals surface area (Å²) in [5.41, 5.74) is 4.74. The van der Waals surface area contributed by atoms with Gasteiger partial charge in [-0.1, -0.05) is 6.07 Å². The first kappa shape index (κ1) is 19.1. The van der Waals surface area contributed by atoms with Crippen molar-refractivity contribution in [2.24, 2.45) is 5.73 Å². The Morgan fingerprint density at radius 1 is 1.19 bits per heavy atom. The van der Waals surface area contributed by atoms with Crippen molar-refractivity contribution in [3.8, 4) is 11.5 Å². The van der Waals surface area contributed by atoms with Crippen LogP contribution in [0.15, 0.2) is 36.4 Å². The summed E-state index contributed by atoms with van der Waals surface area (Å²) in [6, 6.07) is 7.57. The number of amides is 2. The fourth-order valence-corrected chi connectivity index (χ4v) is 2.09. The summed E-state index contributed by atoms with van der Waals surface area (Å²) in [4.78, 5) is 23.6. The predicted octanol–water partition coefficient (Wildman–Crippen LogP) is 2.83. The van der Waals surface area contributed by atoms with Gasteiger partial charge in [-0.15, -0.1) is 0 Å². The molecular formula is C17H15F3N2O4. The van der Waals surface area contributed by atoms with E-state index in [0.29, 0.717) is 0 Å². The van der Waals surface area contributed by atoms with E-state index < -0.39 is 30.7 Å². The molecule has 0 aromatic heterocycles. The molecule has 6 nitrogen and oxygen atoms in total. The van der Waals surface area contributed by atoms with Crippen molar-refractivity contribution in [3.63, 3.8) is 0 Å². The second-order valence-corrected chi connectivity index (χ2v) is 5.05. The van der Waals surface area contributed by atoms with E-state index in [1.807, 2.05) is 0 Å². The van der Waals surface area contributed by atoms with Gasteiger partial charge in [-0.05, 0) is 30.3 Å². The van der Waals surface area contributed by atoms with Crippen LogP contribution in [0.1, 0.15) is 20.7 Å². The summed E-state index contributed by atoms with van der Waals surface area (Å²) >= 11 is 0. The number of primary amides is 1. The van der Waals surface area contributed by atoms with Crippen LogP contribution in [-0.4, -0.2) is 32.0 Å². The van der Waals surface area contributed by atoms with Crippen LogP contribution in [0.3, 0.4) is 0 Å². The van der Waals surface area contributed by atoms with E-state index in [0.717, 1.165) is 6.07 Å². The smallest absolute Gasteiger partial charge is 0.272 e. The zero-order valence-corrected chi connectivity index (χ0v) is 13.6. The zero-order valence-electron chi connectivity index (χ0n) is 13.6. The Morgan fingerprint density at radius 2 is 1.92 bits per heavy atom. The van der Waals surface area contributed by atoms with Gasteiger partial charge in [0, 0.05) is 5.56 Å². The number of halogens is 3. The third kappa shape index (κ3) is 4.44. The molecule has 2 aromatic rings. The number of rotatable bonds is 7. The molecule has 0 saturated heterocycles. The molecular weight excluding hydrogens is 353 g/mol. The van der Waals surface area contributed by atoms with Gasteiger partial charge < -0.3 is 20.5 Å². The van der Waals surface area contributed by atoms with Crippen LogP contribution in [0.5, 0.6) is 11.5 Å². The van der Waals surface area contributed by atoms with E-state index in [1.165, 1.54) is 37.4 Å². The Bertz CT molecular complexity index is 828. The highest BCUT2D eigenvalue weighted by Gasteiger charge is 2.18. The largest absolute Gasteiger partial charge is 0.494 e. The van der Waals surface area contributed by atoms with Gasteiger partial charge in [0.2, 0.25) is 5.91 Å². The molecule has 3 N–H and O–H groups in total. The molecule has 0 spiro atoms. The lowest BCUT2D eigenvalue weighted by Crippen LogP contribution is -2.17. The maximum Gasteiger partial charge on any atom is 0.272 e. The quantitative estimate of drug-likeness (QED) is 0.786. The number of nitrogens with one attached hydrogen (secondary N) is 1. The van der Waals surface area contributed by atoms with E-state index in [4.69, 9.17) is 15.2 Å². The zero-order chi connectivity index (χ0) is 19.3. The van der Waals surface area contributed by atoms with E-state index >= 15 is 0 Å². The molecule has 2 aromatic carbocycles. The number of benzene rings is 2. The van der Waals surface area contributed by atoms with Crippen molar-refractivity contribution >= 4 is 17.5 Å². The number of hydrogen-bond acceptors (Lipinski definition) is 4. The van der Waals surface area contributed by atoms with Gasteiger partial charge in [-0.25, -0.2) is 13.2 Å². The van der Waals surface area contributed by atoms with Crippen LogP contribution in [-0.2, 0) is 0 Å². The Balaban J connectivity index is 2.35. The van der Waals surface area contributed by atoms with Crippen LogP contribution < -0.4 is 20.5 Å². The third-order valence-corrected chi connectivity index (χ3v) is 3.30. The summed E-state index contributed by atoms with van der Waals surface area (Å²) in [5.74, 6) is -2.84. The van der Waals surface area contributed by atoms with Crippen molar-refractivity contribution < 1.29 is 32.2 Å². The molecule has 0 bridgehead atoms. The van der Waals surface area contributed by atoms with Crippen LogP contribution in [0.2, 0.25) is 0 Å². The predicted molar refractivity (Wildman–Crippen MR) is 87.4 cm³/mol. The van der Waals surface area contributed by atoms with Crippen LogP contribution >= 0.6 is 0 Å². The molecule has 2 rings (SSSR count). The lowest BCUT2D eigenvalue weighted by atomic mass is 10.1. The second kappa shape index (κ2) is 8.24. The Labute approximate surface area is 146 Å². The van der Waals surface area contributed by atoms with Crippen molar-refractivity contribution in [2.45, 2.75) is 6.43 Å². The first-order valence-corrected chi connectivity index (χ1v) is 7.32. The average molecular weight is 368 g/mol. The van der Waals surface area contributed by atoms with E-state index in [-0.39, 0.29) is 28.3 Å². The maximum absolute atomic E-state index is 14.2. The molecule has 9 heteroatoms. The van der Waals surface area contributed by atoms with Crippen LogP contribution in [0.25, 0.3) is 0 Å². The van der Waals surface area contributed by atoms with E-state index in [9.17, 15) is 22.8 Å². The highest BCUT2D eigenvalue weighted by Crippen LogP contribution is 2.28. The molecule has 2 amide bonds. The summed E-state index contributed by atoms with van der Waals surface area (Å²) in [7, 11) is 1.24. The summed E-state index contributed by atoms with van der Waals surface area (Å²) < 4.78 is 48.7. The van der Waals surface area contributed by atoms with Gasteiger partial charge in [0.05, 0.1) is 18.4 Å². The lowest BCUT2D eigenvalue weighted by molar-refractivity contribution is 0.0821. The van der Waals surface area contributed by atoms with E-state index in [1.54, 1.807) is 0 Å². The number of carbonyl (C=O) groups excluding carboxylic acids is 2. The molecule has 0 atom stereocenters. The number of ether oxygens (including phenoxy) is 2. The molecule has 0 heterocycles. The minimum absolute atomic E-state index is 0.0100. The summed E-state index contributed by atoms with van der Waals surface area (Å²) in [6.45, 7) is -0.924. The molecule has 0 unspecified atom stereocenters. The fourth-order valence-electron chi connectivity index (χ4n) is 2.09. The summed E-state index contributed by atoms with van der Waals surface area (Å²) in [5, 5.41) is 2.33. The Kier molecular flexibility index (Phi) is 6.05. The Hall–Kier alpha value is -3.23. The first-order valence-electron chi connectivity index (χ1n) is 7.32. The average Bonchev–Trinajstić information content (AvgIpc) is 2.60. The van der Waals surface area contributed by atoms with Crippen molar-refractivity contribution in [1.29, 1.82) is 0 Å². The topological polar surface area (TPSA) is 90.6 Å². The number of anilines is 1. The van der Waals surface area contributed by atoms with Gasteiger partial charge in [0.25, 0.3) is 12.3 Å². The first-order chi connectivity index (χ1) is 12.3. The van der Waals surface area contributed by atoms with Gasteiger partial charge in [-0.3, -0.25) is 9.59 Å². The molecule has 0 fully saturated rings. The van der Waals surface area contributed by atoms with Gasteiger partial charge in [0.1, 0.15) is 12.4 Å². The fraction of sp³-hybridized carbons (Fsp3) is 0.176. The van der Waals surface area contributed by atoms with Crippen molar-refractivity contribution in [1.82, 2.24) is 0 Å². The molecule has 26 heavy (non-hydrogen) atoms. The number of methoxy groups -OCH3 is 1. The van der Waals surface area contributed by atoms with Crippen LogP contribution in [0, 0.1) is 5.82 Å². The molecule has 0 radical (unpaired) electrons. The molecule has 0 aliphatic rings. The molecule has 0 aliphatic heterocycles. The van der Waals surface area contributed by atoms with Crippen LogP contribution in [0.4, 0.5) is 18.9 Å². The highest BCUT2D eigenvalue weighted by atomic mass is 19.3. The third-order valence-electron chi connectivity index (χ3n) is 3.30. The standard InChI is InChI=1S/C17H15F3N2O4/c1-25-13-4-2-3-10(15(13)20)17(24)22-11-7-9(16(21)23)5-6-12(11)26-8-14(18)19/h2-7,14H,8H2,1H3,(H2,21,23)(H,22,24). The lowest BCUT2D eigenvalue weighted by Gasteiger charge is -2.14. The number of nitrogens with two attached hydrogens (primary N) is 1. The molecule has 138 valence electrons. The monoisotopic (exact) mass is 368 g/mol. The number of hydrogen-bond donors (Lipinski definition) is 2. The Morgan fingerprint density at radius 3 is 2.54 bits per heavy atom. The number of carbonyl (C=O) groups is 2. The van der Waals surface area contributed by atoms with Gasteiger partial charge in [0.15, 0.2) is 11.6 Å². The van der Waals surface area contributed by atoms with Crippen molar-refractivity contribution in [2.75, 3.05) is 19.0 Å². The van der Waals surface area contributed by atoms with E-state index in [2.05, 4.69) is 5.32 Å². The maximum atomic E-state index is 14.2. The SMILES string of the molecule is COc1cccc(C(=O)Nc2cc(C(N)=O)ccc2OCC(F)F)c1F. The summed E-state index contributed by atoms with van der Waals surface area (Å²) in [6.07, 6.45) is -2.75. The van der Waals surface area contributed by atoms with Gasteiger partial charge >= 0.3 is 0 Å². The highest BCUT2D eigenvalue weighted by molar-refractivity contribution is 6.06. The minimum atomic E-state index is -2.75. The molecule has 0 aliphatic carbocycles. The van der Waals surface area contributed by atoms with Gasteiger partial charge in [-0.2, -0.15) is 0 Å². The molecule has 0 saturated carbocycles. The minimum Gasteiger partial charge on any atom is -0.494 e. The number of alkyl halides is 2. The van der Waals surface area contributed by atoms with Crippen molar-refractivity contribution in [3.05, 3.63) is 53.3 Å².